The summed E-state index contributed by atoms with van der Waals surface area (Å²) in [7, 11) is -3.14. The Labute approximate surface area is 131 Å². The normalized spacial score (nSPS) is 23.4. The fraction of sp³-hybridized carbons (Fsp3) is 0.667. The van der Waals surface area contributed by atoms with Crippen LogP contribution in [0.1, 0.15) is 31.9 Å². The van der Waals surface area contributed by atoms with Crippen molar-refractivity contribution in [1.82, 2.24) is 9.62 Å². The minimum Gasteiger partial charge on any atom is -0.467 e. The molecule has 1 aliphatic rings. The van der Waals surface area contributed by atoms with Gasteiger partial charge < -0.3 is 9.73 Å². The molecular weight excluding hydrogens is 304 g/mol. The van der Waals surface area contributed by atoms with E-state index in [0.717, 1.165) is 18.6 Å². The van der Waals surface area contributed by atoms with E-state index in [-0.39, 0.29) is 17.7 Å². The third kappa shape index (κ3) is 4.58. The third-order valence-electron chi connectivity index (χ3n) is 4.33. The lowest BCUT2D eigenvalue weighted by Gasteiger charge is -2.36. The predicted octanol–water partition coefficient (Wildman–Crippen LogP) is 1.59. The second-order valence-corrected chi connectivity index (χ2v) is 7.88. The standard InChI is InChI=1S/C15H24N2O4S/c1-3-12-11-17(22(2,19)20)7-6-13(12)9-15(18)16-10-14-5-4-8-21-14/h4-5,8,12-13H,3,6-7,9-11H2,1-2H3,(H,16,18)/t12-,13+/m1/s1. The lowest BCUT2D eigenvalue weighted by Crippen LogP contribution is -2.44. The molecule has 0 aromatic carbocycles. The van der Waals surface area contributed by atoms with Crippen LogP contribution in [0.2, 0.25) is 0 Å². The zero-order chi connectivity index (χ0) is 16.2. The number of hydrogen-bond donors (Lipinski definition) is 1. The van der Waals surface area contributed by atoms with Crippen molar-refractivity contribution >= 4 is 15.9 Å². The molecular formula is C15H24N2O4S. The van der Waals surface area contributed by atoms with E-state index in [1.165, 1.54) is 10.6 Å². The van der Waals surface area contributed by atoms with Crippen LogP contribution in [0.25, 0.3) is 0 Å². The number of carbonyl (C=O) groups is 1. The molecule has 1 aliphatic heterocycles. The predicted molar refractivity (Wildman–Crippen MR) is 83.5 cm³/mol. The summed E-state index contributed by atoms with van der Waals surface area (Å²) in [5.41, 5.74) is 0. The fourth-order valence-electron chi connectivity index (χ4n) is 2.99. The van der Waals surface area contributed by atoms with Crippen LogP contribution in [0.15, 0.2) is 22.8 Å². The van der Waals surface area contributed by atoms with Gasteiger partial charge in [0.05, 0.1) is 19.1 Å². The summed E-state index contributed by atoms with van der Waals surface area (Å²) < 4.78 is 30.0. The van der Waals surface area contributed by atoms with E-state index >= 15 is 0 Å². The lowest BCUT2D eigenvalue weighted by atomic mass is 9.82. The average molecular weight is 328 g/mol. The molecule has 1 amide bonds. The number of furan rings is 1. The summed E-state index contributed by atoms with van der Waals surface area (Å²) in [6.45, 7) is 3.46. The topological polar surface area (TPSA) is 79.6 Å². The molecule has 0 saturated carbocycles. The zero-order valence-electron chi connectivity index (χ0n) is 13.1. The van der Waals surface area contributed by atoms with Crippen molar-refractivity contribution < 1.29 is 17.6 Å². The first kappa shape index (κ1) is 17.0. The van der Waals surface area contributed by atoms with Crippen LogP contribution in [0, 0.1) is 11.8 Å². The van der Waals surface area contributed by atoms with Crippen molar-refractivity contribution in [3.8, 4) is 0 Å². The Balaban J connectivity index is 1.85. The number of piperidine rings is 1. The Hall–Kier alpha value is -1.34. The van der Waals surface area contributed by atoms with Gasteiger partial charge in [-0.15, -0.1) is 0 Å². The van der Waals surface area contributed by atoms with E-state index in [1.807, 2.05) is 13.0 Å². The highest BCUT2D eigenvalue weighted by atomic mass is 32.2. The van der Waals surface area contributed by atoms with Crippen LogP contribution in [-0.4, -0.2) is 38.0 Å². The summed E-state index contributed by atoms with van der Waals surface area (Å²) in [5, 5.41) is 2.85. The molecule has 1 N–H and O–H groups in total. The molecule has 2 rings (SSSR count). The van der Waals surface area contributed by atoms with E-state index in [0.29, 0.717) is 26.1 Å². The molecule has 6 nitrogen and oxygen atoms in total. The number of nitrogens with one attached hydrogen (secondary N) is 1. The highest BCUT2D eigenvalue weighted by molar-refractivity contribution is 7.88. The van der Waals surface area contributed by atoms with Crippen molar-refractivity contribution in [2.75, 3.05) is 19.3 Å². The number of hydrogen-bond acceptors (Lipinski definition) is 4. The Kier molecular flexibility index (Phi) is 5.63. The molecule has 1 aromatic rings. The fourth-order valence-corrected chi connectivity index (χ4v) is 3.89. The van der Waals surface area contributed by atoms with E-state index in [2.05, 4.69) is 5.32 Å². The van der Waals surface area contributed by atoms with Gasteiger partial charge in [-0.05, 0) is 30.4 Å². The number of carbonyl (C=O) groups excluding carboxylic acids is 1. The Morgan fingerprint density at radius 2 is 2.23 bits per heavy atom. The van der Waals surface area contributed by atoms with Gasteiger partial charge in [0.15, 0.2) is 0 Å². The van der Waals surface area contributed by atoms with Gasteiger partial charge in [0.25, 0.3) is 0 Å². The first-order valence-electron chi connectivity index (χ1n) is 7.64. The third-order valence-corrected chi connectivity index (χ3v) is 5.60. The molecule has 1 fully saturated rings. The van der Waals surface area contributed by atoms with E-state index in [9.17, 15) is 13.2 Å². The molecule has 1 saturated heterocycles. The van der Waals surface area contributed by atoms with Gasteiger partial charge in [-0.25, -0.2) is 12.7 Å². The van der Waals surface area contributed by atoms with E-state index < -0.39 is 10.0 Å². The zero-order valence-corrected chi connectivity index (χ0v) is 13.9. The molecule has 2 heterocycles. The van der Waals surface area contributed by atoms with Gasteiger partial charge in [-0.3, -0.25) is 4.79 Å². The summed E-state index contributed by atoms with van der Waals surface area (Å²) in [4.78, 5) is 12.1. The van der Waals surface area contributed by atoms with Crippen molar-refractivity contribution in [2.24, 2.45) is 11.8 Å². The van der Waals surface area contributed by atoms with E-state index in [1.54, 1.807) is 12.3 Å². The van der Waals surface area contributed by atoms with Gasteiger partial charge in [-0.1, -0.05) is 13.3 Å². The van der Waals surface area contributed by atoms with Crippen LogP contribution in [0.4, 0.5) is 0 Å². The van der Waals surface area contributed by atoms with Crippen LogP contribution >= 0.6 is 0 Å². The van der Waals surface area contributed by atoms with Crippen molar-refractivity contribution in [1.29, 1.82) is 0 Å². The summed E-state index contributed by atoms with van der Waals surface area (Å²) in [6.07, 6.45) is 4.88. The summed E-state index contributed by atoms with van der Waals surface area (Å²) in [5.74, 6) is 1.19. The molecule has 0 bridgehead atoms. The molecule has 0 unspecified atom stereocenters. The van der Waals surface area contributed by atoms with Crippen LogP contribution < -0.4 is 5.32 Å². The van der Waals surface area contributed by atoms with Crippen molar-refractivity contribution in [3.63, 3.8) is 0 Å². The monoisotopic (exact) mass is 328 g/mol. The Morgan fingerprint density at radius 3 is 2.82 bits per heavy atom. The molecule has 0 spiro atoms. The summed E-state index contributed by atoms with van der Waals surface area (Å²) in [6, 6.07) is 3.61. The first-order valence-corrected chi connectivity index (χ1v) is 9.49. The van der Waals surface area contributed by atoms with Crippen molar-refractivity contribution in [2.45, 2.75) is 32.7 Å². The maximum absolute atomic E-state index is 12.1. The largest absolute Gasteiger partial charge is 0.467 e. The van der Waals surface area contributed by atoms with Crippen LogP contribution in [0.5, 0.6) is 0 Å². The van der Waals surface area contributed by atoms with Crippen LogP contribution in [0.3, 0.4) is 0 Å². The molecule has 22 heavy (non-hydrogen) atoms. The number of amides is 1. The molecule has 2 atom stereocenters. The number of sulfonamides is 1. The number of rotatable bonds is 6. The van der Waals surface area contributed by atoms with Gasteiger partial charge in [0.2, 0.25) is 15.9 Å². The minimum absolute atomic E-state index is 0.00680. The van der Waals surface area contributed by atoms with Gasteiger partial charge in [0.1, 0.15) is 5.76 Å². The first-order chi connectivity index (χ1) is 10.4. The molecule has 124 valence electrons. The van der Waals surface area contributed by atoms with Gasteiger partial charge >= 0.3 is 0 Å². The molecule has 0 aliphatic carbocycles. The van der Waals surface area contributed by atoms with Gasteiger partial charge in [0, 0.05) is 19.5 Å². The van der Waals surface area contributed by atoms with Crippen LogP contribution in [-0.2, 0) is 21.4 Å². The highest BCUT2D eigenvalue weighted by Gasteiger charge is 2.33. The maximum atomic E-state index is 12.1. The minimum atomic E-state index is -3.14. The second-order valence-electron chi connectivity index (χ2n) is 5.90. The summed E-state index contributed by atoms with van der Waals surface area (Å²) >= 11 is 0. The van der Waals surface area contributed by atoms with E-state index in [4.69, 9.17) is 4.42 Å². The SMILES string of the molecule is CC[C@@H]1CN(S(C)(=O)=O)CC[C@H]1CC(=O)NCc1ccco1. The second kappa shape index (κ2) is 7.28. The van der Waals surface area contributed by atoms with Gasteiger partial charge in [-0.2, -0.15) is 0 Å². The number of nitrogens with zero attached hydrogens (tertiary/aromatic N) is 1. The average Bonchev–Trinajstić information content (AvgIpc) is 2.97. The Morgan fingerprint density at radius 1 is 1.45 bits per heavy atom. The maximum Gasteiger partial charge on any atom is 0.220 e. The molecule has 7 heteroatoms. The molecule has 0 radical (unpaired) electrons. The smallest absolute Gasteiger partial charge is 0.220 e. The van der Waals surface area contributed by atoms with Crippen molar-refractivity contribution in [3.05, 3.63) is 24.2 Å². The quantitative estimate of drug-likeness (QED) is 0.860. The Bertz CT molecular complexity index is 583. The highest BCUT2D eigenvalue weighted by Crippen LogP contribution is 2.30. The lowest BCUT2D eigenvalue weighted by molar-refractivity contribution is -0.123. The molecule has 1 aromatic heterocycles.